The number of nitrogens with one attached hydrogen (secondary N) is 1. The molecule has 3 rings (SSSR count). The predicted octanol–water partition coefficient (Wildman–Crippen LogP) is 2.19. The number of carbonyl (C=O) groups excluding carboxylic acids is 1. The SMILES string of the molecule is CC(C)(C(=O)Nc1nc2ccc(F)cc2s1)S(=O)(=O)N1CCC1. The molecule has 2 aromatic rings. The monoisotopic (exact) mass is 357 g/mol. The highest BCUT2D eigenvalue weighted by atomic mass is 32.2. The molecule has 0 unspecified atom stereocenters. The predicted molar refractivity (Wildman–Crippen MR) is 87.4 cm³/mol. The number of benzene rings is 1. The summed E-state index contributed by atoms with van der Waals surface area (Å²) in [6.07, 6.45) is 0.806. The van der Waals surface area contributed by atoms with E-state index >= 15 is 0 Å². The molecule has 0 radical (unpaired) electrons. The number of halogens is 1. The van der Waals surface area contributed by atoms with Crippen molar-refractivity contribution in [2.75, 3.05) is 18.4 Å². The zero-order chi connectivity index (χ0) is 16.8. The summed E-state index contributed by atoms with van der Waals surface area (Å²) >= 11 is 1.10. The van der Waals surface area contributed by atoms with Gasteiger partial charge in [0.15, 0.2) is 9.88 Å². The second-order valence-corrected chi connectivity index (χ2v) is 9.37. The van der Waals surface area contributed by atoms with E-state index in [2.05, 4.69) is 10.3 Å². The molecular weight excluding hydrogens is 341 g/mol. The molecule has 6 nitrogen and oxygen atoms in total. The lowest BCUT2D eigenvalue weighted by Crippen LogP contribution is -2.55. The van der Waals surface area contributed by atoms with Gasteiger partial charge in [-0.2, -0.15) is 0 Å². The number of fused-ring (bicyclic) bond motifs is 1. The Morgan fingerprint density at radius 1 is 1.39 bits per heavy atom. The van der Waals surface area contributed by atoms with Crippen LogP contribution in [0.15, 0.2) is 18.2 Å². The Hall–Kier alpha value is -1.58. The number of aromatic nitrogens is 1. The molecule has 1 aromatic carbocycles. The minimum atomic E-state index is -3.72. The van der Waals surface area contributed by atoms with Crippen molar-refractivity contribution in [1.29, 1.82) is 0 Å². The molecule has 1 fully saturated rings. The first-order valence-electron chi connectivity index (χ1n) is 7.09. The molecule has 9 heteroatoms. The van der Waals surface area contributed by atoms with Crippen LogP contribution in [-0.2, 0) is 14.8 Å². The Morgan fingerprint density at radius 3 is 2.70 bits per heavy atom. The van der Waals surface area contributed by atoms with Crippen LogP contribution in [0, 0.1) is 5.82 Å². The molecule has 1 saturated heterocycles. The van der Waals surface area contributed by atoms with Crippen LogP contribution in [0.25, 0.3) is 10.2 Å². The number of sulfonamides is 1. The second kappa shape index (κ2) is 5.50. The van der Waals surface area contributed by atoms with Crippen molar-refractivity contribution in [1.82, 2.24) is 9.29 Å². The smallest absolute Gasteiger partial charge is 0.248 e. The highest BCUT2D eigenvalue weighted by Gasteiger charge is 2.47. The molecule has 23 heavy (non-hydrogen) atoms. The average Bonchev–Trinajstić information content (AvgIpc) is 2.77. The van der Waals surface area contributed by atoms with E-state index in [1.54, 1.807) is 0 Å². The molecule has 0 saturated carbocycles. The Morgan fingerprint density at radius 2 is 2.09 bits per heavy atom. The lowest BCUT2D eigenvalue weighted by atomic mass is 10.2. The quantitative estimate of drug-likeness (QED) is 0.910. The van der Waals surface area contributed by atoms with E-state index in [1.807, 2.05) is 0 Å². The van der Waals surface area contributed by atoms with Crippen LogP contribution in [0.3, 0.4) is 0 Å². The van der Waals surface area contributed by atoms with Gasteiger partial charge in [-0.15, -0.1) is 0 Å². The fraction of sp³-hybridized carbons (Fsp3) is 0.429. The van der Waals surface area contributed by atoms with Crippen molar-refractivity contribution in [3.63, 3.8) is 0 Å². The average molecular weight is 357 g/mol. The minimum Gasteiger partial charge on any atom is -0.301 e. The van der Waals surface area contributed by atoms with Crippen molar-refractivity contribution in [2.24, 2.45) is 0 Å². The molecule has 0 aliphatic carbocycles. The summed E-state index contributed by atoms with van der Waals surface area (Å²) in [5.41, 5.74) is 0.551. The summed E-state index contributed by atoms with van der Waals surface area (Å²) < 4.78 is 38.4. The summed E-state index contributed by atoms with van der Waals surface area (Å²) in [6, 6.07) is 4.12. The van der Waals surface area contributed by atoms with Gasteiger partial charge in [0.25, 0.3) is 0 Å². The number of thiazole rings is 1. The summed E-state index contributed by atoms with van der Waals surface area (Å²) in [4.78, 5) is 16.6. The maximum atomic E-state index is 13.2. The maximum absolute atomic E-state index is 13.2. The number of amides is 1. The van der Waals surface area contributed by atoms with E-state index in [0.29, 0.717) is 23.3 Å². The molecule has 2 heterocycles. The first kappa shape index (κ1) is 16.3. The van der Waals surface area contributed by atoms with Crippen molar-refractivity contribution in [3.8, 4) is 0 Å². The van der Waals surface area contributed by atoms with Gasteiger partial charge in [0.05, 0.1) is 10.2 Å². The fourth-order valence-electron chi connectivity index (χ4n) is 2.17. The van der Waals surface area contributed by atoms with Crippen molar-refractivity contribution < 1.29 is 17.6 Å². The number of nitrogens with zero attached hydrogens (tertiary/aromatic N) is 2. The van der Waals surface area contributed by atoms with E-state index in [-0.39, 0.29) is 10.9 Å². The minimum absolute atomic E-state index is 0.252. The van der Waals surface area contributed by atoms with Gasteiger partial charge in [0.2, 0.25) is 15.9 Å². The van der Waals surface area contributed by atoms with Gasteiger partial charge in [-0.25, -0.2) is 22.1 Å². The van der Waals surface area contributed by atoms with E-state index in [0.717, 1.165) is 17.8 Å². The maximum Gasteiger partial charge on any atom is 0.248 e. The van der Waals surface area contributed by atoms with Crippen LogP contribution in [0.4, 0.5) is 9.52 Å². The molecule has 0 atom stereocenters. The molecule has 124 valence electrons. The number of hydrogen-bond acceptors (Lipinski definition) is 5. The Kier molecular flexibility index (Phi) is 3.89. The van der Waals surface area contributed by atoms with Crippen LogP contribution in [-0.4, -0.2) is 41.5 Å². The first-order valence-corrected chi connectivity index (χ1v) is 9.35. The van der Waals surface area contributed by atoms with Gasteiger partial charge in [0, 0.05) is 13.1 Å². The molecule has 0 spiro atoms. The highest BCUT2D eigenvalue weighted by Crippen LogP contribution is 2.30. The largest absolute Gasteiger partial charge is 0.301 e. The Labute approximate surface area is 137 Å². The van der Waals surface area contributed by atoms with E-state index < -0.39 is 20.7 Å². The summed E-state index contributed by atoms with van der Waals surface area (Å²) in [7, 11) is -3.72. The fourth-order valence-corrected chi connectivity index (χ4v) is 4.72. The lowest BCUT2D eigenvalue weighted by Gasteiger charge is -2.36. The van der Waals surface area contributed by atoms with Gasteiger partial charge in [-0.05, 0) is 38.5 Å². The summed E-state index contributed by atoms with van der Waals surface area (Å²) in [5, 5.41) is 2.79. The Balaban J connectivity index is 1.84. The van der Waals surface area contributed by atoms with Crippen molar-refractivity contribution >= 4 is 42.6 Å². The number of carbonyl (C=O) groups is 1. The zero-order valence-corrected chi connectivity index (χ0v) is 14.3. The zero-order valence-electron chi connectivity index (χ0n) is 12.7. The molecule has 1 N–H and O–H groups in total. The van der Waals surface area contributed by atoms with Gasteiger partial charge < -0.3 is 5.32 Å². The molecule has 1 aliphatic heterocycles. The molecular formula is C14H16FN3O3S2. The van der Waals surface area contributed by atoms with Crippen LogP contribution in [0.5, 0.6) is 0 Å². The lowest BCUT2D eigenvalue weighted by molar-refractivity contribution is -0.118. The van der Waals surface area contributed by atoms with Crippen LogP contribution < -0.4 is 5.32 Å². The topological polar surface area (TPSA) is 79.4 Å². The van der Waals surface area contributed by atoms with Crippen molar-refractivity contribution in [3.05, 3.63) is 24.0 Å². The van der Waals surface area contributed by atoms with E-state index in [9.17, 15) is 17.6 Å². The summed E-state index contributed by atoms with van der Waals surface area (Å²) in [6.45, 7) is 3.64. The van der Waals surface area contributed by atoms with Gasteiger partial charge >= 0.3 is 0 Å². The number of anilines is 1. The molecule has 0 bridgehead atoms. The van der Waals surface area contributed by atoms with E-state index in [4.69, 9.17) is 0 Å². The molecule has 1 aliphatic rings. The van der Waals surface area contributed by atoms with Gasteiger partial charge in [0.1, 0.15) is 5.82 Å². The van der Waals surface area contributed by atoms with Crippen LogP contribution >= 0.6 is 11.3 Å². The molecule has 1 amide bonds. The number of hydrogen-bond donors (Lipinski definition) is 1. The van der Waals surface area contributed by atoms with Crippen molar-refractivity contribution in [2.45, 2.75) is 25.0 Å². The summed E-state index contributed by atoms with van der Waals surface area (Å²) in [5.74, 6) is -1.04. The Bertz CT molecular complexity index is 873. The highest BCUT2D eigenvalue weighted by molar-refractivity contribution is 7.91. The third-order valence-electron chi connectivity index (χ3n) is 3.92. The second-order valence-electron chi connectivity index (χ2n) is 5.85. The van der Waals surface area contributed by atoms with Crippen LogP contribution in [0.1, 0.15) is 20.3 Å². The van der Waals surface area contributed by atoms with Gasteiger partial charge in [-0.1, -0.05) is 11.3 Å². The van der Waals surface area contributed by atoms with E-state index in [1.165, 1.54) is 36.4 Å². The number of rotatable bonds is 4. The van der Waals surface area contributed by atoms with Crippen LogP contribution in [0.2, 0.25) is 0 Å². The first-order chi connectivity index (χ1) is 10.7. The van der Waals surface area contributed by atoms with Gasteiger partial charge in [-0.3, -0.25) is 4.79 Å². The third kappa shape index (κ3) is 2.73. The molecule has 1 aromatic heterocycles. The normalized spacial score (nSPS) is 16.3. The third-order valence-corrected chi connectivity index (χ3v) is 7.37. The standard InChI is InChI=1S/C14H16FN3O3S2/c1-14(2,23(20,21)18-6-3-7-18)12(19)17-13-16-10-5-4-9(15)8-11(10)22-13/h4-5,8H,3,6-7H2,1-2H3,(H,16,17,19).